The fourth-order valence-corrected chi connectivity index (χ4v) is 3.47. The SMILES string of the molecule is COc1ccc(NC(=O)/C=C/c2cn(-c3ccccc3)nc2-c2ccccc2)cc1NC(C)=O. The molecule has 4 rings (SSSR count). The lowest BCUT2D eigenvalue weighted by Gasteiger charge is -2.11. The van der Waals surface area contributed by atoms with Gasteiger partial charge in [-0.15, -0.1) is 0 Å². The van der Waals surface area contributed by atoms with Crippen molar-refractivity contribution in [2.45, 2.75) is 6.92 Å². The van der Waals surface area contributed by atoms with Crippen LogP contribution in [0.4, 0.5) is 11.4 Å². The first kappa shape index (κ1) is 22.5. The van der Waals surface area contributed by atoms with E-state index >= 15 is 0 Å². The Morgan fingerprint density at radius 3 is 2.32 bits per heavy atom. The molecule has 170 valence electrons. The molecule has 2 amide bonds. The number of nitrogens with one attached hydrogen (secondary N) is 2. The van der Waals surface area contributed by atoms with E-state index in [4.69, 9.17) is 9.84 Å². The molecule has 0 unspecified atom stereocenters. The van der Waals surface area contributed by atoms with Gasteiger partial charge in [-0.05, 0) is 36.4 Å². The minimum atomic E-state index is -0.314. The largest absolute Gasteiger partial charge is 0.495 e. The van der Waals surface area contributed by atoms with Gasteiger partial charge in [0.2, 0.25) is 11.8 Å². The van der Waals surface area contributed by atoms with Gasteiger partial charge in [-0.2, -0.15) is 5.10 Å². The number of rotatable bonds is 7. The van der Waals surface area contributed by atoms with Crippen LogP contribution in [0.25, 0.3) is 23.0 Å². The average Bonchev–Trinajstić information content (AvgIpc) is 3.28. The Hall–Kier alpha value is -4.65. The molecular weight excluding hydrogens is 428 g/mol. The molecule has 0 spiro atoms. The van der Waals surface area contributed by atoms with Crippen molar-refractivity contribution in [3.8, 4) is 22.7 Å². The van der Waals surface area contributed by atoms with Gasteiger partial charge in [0.1, 0.15) is 5.75 Å². The van der Waals surface area contributed by atoms with Gasteiger partial charge in [-0.25, -0.2) is 4.68 Å². The highest BCUT2D eigenvalue weighted by Crippen LogP contribution is 2.28. The lowest BCUT2D eigenvalue weighted by atomic mass is 10.1. The van der Waals surface area contributed by atoms with Gasteiger partial charge >= 0.3 is 0 Å². The van der Waals surface area contributed by atoms with Crippen LogP contribution in [0.2, 0.25) is 0 Å². The molecule has 7 nitrogen and oxygen atoms in total. The maximum absolute atomic E-state index is 12.7. The van der Waals surface area contributed by atoms with Crippen LogP contribution >= 0.6 is 0 Å². The average molecular weight is 453 g/mol. The highest BCUT2D eigenvalue weighted by molar-refractivity contribution is 6.03. The van der Waals surface area contributed by atoms with E-state index in [0.29, 0.717) is 17.1 Å². The van der Waals surface area contributed by atoms with Gasteiger partial charge < -0.3 is 15.4 Å². The first-order chi connectivity index (χ1) is 16.5. The molecule has 0 saturated carbocycles. The molecule has 0 radical (unpaired) electrons. The molecule has 0 saturated heterocycles. The second-order valence-electron chi connectivity index (χ2n) is 7.50. The number of para-hydroxylation sites is 1. The molecule has 0 aliphatic carbocycles. The third-order valence-corrected chi connectivity index (χ3v) is 5.00. The first-order valence-electron chi connectivity index (χ1n) is 10.7. The second-order valence-corrected chi connectivity index (χ2v) is 7.50. The number of methoxy groups -OCH3 is 1. The fourth-order valence-electron chi connectivity index (χ4n) is 3.47. The van der Waals surface area contributed by atoms with Crippen molar-refractivity contribution in [1.82, 2.24) is 9.78 Å². The number of carbonyl (C=O) groups is 2. The van der Waals surface area contributed by atoms with Crippen LogP contribution in [-0.2, 0) is 9.59 Å². The summed E-state index contributed by atoms with van der Waals surface area (Å²) in [4.78, 5) is 24.1. The molecule has 2 N–H and O–H groups in total. The van der Waals surface area contributed by atoms with Crippen LogP contribution in [0.5, 0.6) is 5.75 Å². The van der Waals surface area contributed by atoms with E-state index in [1.807, 2.05) is 66.9 Å². The van der Waals surface area contributed by atoms with Gasteiger partial charge in [-0.1, -0.05) is 48.5 Å². The predicted octanol–water partition coefficient (Wildman–Crippen LogP) is 5.16. The van der Waals surface area contributed by atoms with Crippen LogP contribution in [-0.4, -0.2) is 28.7 Å². The smallest absolute Gasteiger partial charge is 0.248 e. The minimum Gasteiger partial charge on any atom is -0.495 e. The number of hydrogen-bond acceptors (Lipinski definition) is 4. The summed E-state index contributed by atoms with van der Waals surface area (Å²) >= 11 is 0. The maximum Gasteiger partial charge on any atom is 0.248 e. The number of nitrogens with zero attached hydrogens (tertiary/aromatic N) is 2. The Bertz CT molecular complexity index is 1330. The molecule has 7 heteroatoms. The Morgan fingerprint density at radius 1 is 0.941 bits per heavy atom. The summed E-state index contributed by atoms with van der Waals surface area (Å²) in [5.74, 6) is -0.0412. The van der Waals surface area contributed by atoms with Gasteiger partial charge in [0.15, 0.2) is 0 Å². The summed E-state index contributed by atoms with van der Waals surface area (Å²) in [6, 6.07) is 24.6. The van der Waals surface area contributed by atoms with E-state index in [0.717, 1.165) is 22.5 Å². The summed E-state index contributed by atoms with van der Waals surface area (Å²) in [5, 5.41) is 10.3. The summed E-state index contributed by atoms with van der Waals surface area (Å²) in [6.45, 7) is 1.41. The first-order valence-corrected chi connectivity index (χ1v) is 10.7. The molecule has 1 heterocycles. The molecular formula is C27H24N4O3. The molecule has 1 aromatic heterocycles. The minimum absolute atomic E-state index is 0.231. The van der Waals surface area contributed by atoms with Crippen molar-refractivity contribution in [1.29, 1.82) is 0 Å². The van der Waals surface area contributed by atoms with Crippen molar-refractivity contribution in [2.24, 2.45) is 0 Å². The topological polar surface area (TPSA) is 85.2 Å². The van der Waals surface area contributed by atoms with E-state index in [1.165, 1.54) is 20.1 Å². The molecule has 0 atom stereocenters. The van der Waals surface area contributed by atoms with Crippen LogP contribution in [0, 0.1) is 0 Å². The third kappa shape index (κ3) is 5.39. The van der Waals surface area contributed by atoms with E-state index in [-0.39, 0.29) is 11.8 Å². The van der Waals surface area contributed by atoms with Crippen molar-refractivity contribution in [3.63, 3.8) is 0 Å². The van der Waals surface area contributed by atoms with E-state index in [1.54, 1.807) is 29.0 Å². The van der Waals surface area contributed by atoms with E-state index < -0.39 is 0 Å². The third-order valence-electron chi connectivity index (χ3n) is 5.00. The summed E-state index contributed by atoms with van der Waals surface area (Å²) in [6.07, 6.45) is 5.09. The van der Waals surface area contributed by atoms with Crippen LogP contribution < -0.4 is 15.4 Å². The van der Waals surface area contributed by atoms with E-state index in [2.05, 4.69) is 10.6 Å². The normalized spacial score (nSPS) is 10.8. The van der Waals surface area contributed by atoms with Crippen molar-refractivity contribution in [3.05, 3.63) is 96.7 Å². The van der Waals surface area contributed by atoms with Crippen molar-refractivity contribution < 1.29 is 14.3 Å². The Morgan fingerprint density at radius 2 is 1.65 bits per heavy atom. The van der Waals surface area contributed by atoms with Crippen LogP contribution in [0.15, 0.2) is 91.1 Å². The molecule has 4 aromatic rings. The number of hydrogen-bond donors (Lipinski definition) is 2. The molecule has 0 bridgehead atoms. The highest BCUT2D eigenvalue weighted by Gasteiger charge is 2.11. The molecule has 0 aliphatic heterocycles. The van der Waals surface area contributed by atoms with Gasteiger partial charge in [0.05, 0.1) is 24.2 Å². The monoisotopic (exact) mass is 452 g/mol. The van der Waals surface area contributed by atoms with Crippen molar-refractivity contribution in [2.75, 3.05) is 17.7 Å². The van der Waals surface area contributed by atoms with Gasteiger partial charge in [-0.3, -0.25) is 9.59 Å². The quantitative estimate of drug-likeness (QED) is 0.380. The Labute approximate surface area is 197 Å². The van der Waals surface area contributed by atoms with Gasteiger partial charge in [0.25, 0.3) is 0 Å². The number of anilines is 2. The lowest BCUT2D eigenvalue weighted by Crippen LogP contribution is -2.10. The lowest BCUT2D eigenvalue weighted by molar-refractivity contribution is -0.114. The predicted molar refractivity (Wildman–Crippen MR) is 134 cm³/mol. The summed E-state index contributed by atoms with van der Waals surface area (Å²) < 4.78 is 7.05. The second kappa shape index (κ2) is 10.3. The summed E-state index contributed by atoms with van der Waals surface area (Å²) in [5.41, 5.74) is 4.46. The standard InChI is InChI=1S/C27H24N4O3/c1-19(32)28-24-17-22(14-15-25(24)34-2)29-26(33)16-13-21-18-31(23-11-7-4-8-12-23)30-27(21)20-9-5-3-6-10-20/h3-18H,1-2H3,(H,28,32)(H,29,33)/b16-13+. The van der Waals surface area contributed by atoms with Crippen molar-refractivity contribution >= 4 is 29.3 Å². The number of ether oxygens (including phenoxy) is 1. The maximum atomic E-state index is 12.7. The number of carbonyl (C=O) groups excluding carboxylic acids is 2. The fraction of sp³-hybridized carbons (Fsp3) is 0.0741. The molecule has 3 aromatic carbocycles. The zero-order valence-electron chi connectivity index (χ0n) is 18.9. The van der Waals surface area contributed by atoms with Crippen LogP contribution in [0.3, 0.4) is 0 Å². The number of benzene rings is 3. The molecule has 0 aliphatic rings. The summed E-state index contributed by atoms with van der Waals surface area (Å²) in [7, 11) is 1.52. The number of amides is 2. The zero-order valence-corrected chi connectivity index (χ0v) is 18.9. The Balaban J connectivity index is 1.59. The van der Waals surface area contributed by atoms with Crippen LogP contribution in [0.1, 0.15) is 12.5 Å². The molecule has 34 heavy (non-hydrogen) atoms. The highest BCUT2D eigenvalue weighted by atomic mass is 16.5. The Kier molecular flexibility index (Phi) is 6.84. The van der Waals surface area contributed by atoms with Gasteiger partial charge in [0, 0.05) is 36.0 Å². The van der Waals surface area contributed by atoms with E-state index in [9.17, 15) is 9.59 Å². The number of aromatic nitrogens is 2. The molecule has 0 fully saturated rings. The zero-order chi connectivity index (χ0) is 23.9.